The molecule has 6 aromatic rings. The first kappa shape index (κ1) is 39.7. The first-order valence-electron chi connectivity index (χ1n) is 17.2. The second-order valence-corrected chi connectivity index (χ2v) is 21.6. The summed E-state index contributed by atoms with van der Waals surface area (Å²) in [6.07, 6.45) is 20.5. The number of rotatable bonds is 2. The van der Waals surface area contributed by atoms with Gasteiger partial charge in [-0.3, -0.25) is 11.8 Å². The number of para-hydroxylation sites is 2. The Bertz CT molecular complexity index is 1960. The van der Waals surface area contributed by atoms with Gasteiger partial charge >= 0.3 is 44.8 Å². The molecule has 49 heavy (non-hydrogen) atoms. The SMILES string of the molecule is C[C@H]1CC[C@H](C)[PH+]1C[PH+]1[C@@H](C)CC[C@@H]1C.[Au+].[Au+].[C-]#Cc1ccc2c3ccccc3n(C)c2c1.[C-]#Cc1ccc2c3ccccc3n(C)c2c1. The summed E-state index contributed by atoms with van der Waals surface area (Å²) in [5, 5.41) is 4.99. The van der Waals surface area contributed by atoms with Gasteiger partial charge in [0, 0.05) is 73.6 Å². The van der Waals surface area contributed by atoms with Crippen LogP contribution in [0.15, 0.2) is 84.9 Å². The van der Waals surface area contributed by atoms with Gasteiger partial charge in [-0.2, -0.15) is 0 Å². The Morgan fingerprint density at radius 2 is 0.857 bits per heavy atom. The predicted octanol–water partition coefficient (Wildman–Crippen LogP) is 11.0. The fraction of sp³-hybridized carbons (Fsp3) is 0.349. The number of hydrogen-bond acceptors (Lipinski definition) is 0. The van der Waals surface area contributed by atoms with Crippen LogP contribution in [0.5, 0.6) is 0 Å². The van der Waals surface area contributed by atoms with Gasteiger partial charge in [0.2, 0.25) is 0 Å². The van der Waals surface area contributed by atoms with E-state index in [0.29, 0.717) is 0 Å². The van der Waals surface area contributed by atoms with E-state index in [4.69, 9.17) is 12.8 Å². The summed E-state index contributed by atoms with van der Waals surface area (Å²) < 4.78 is 4.32. The van der Waals surface area contributed by atoms with Crippen molar-refractivity contribution in [2.75, 3.05) is 5.90 Å². The van der Waals surface area contributed by atoms with Gasteiger partial charge in [-0.25, -0.2) is 0 Å². The summed E-state index contributed by atoms with van der Waals surface area (Å²) in [7, 11) is 4.17. The summed E-state index contributed by atoms with van der Waals surface area (Å²) >= 11 is 0. The Balaban J connectivity index is 0.000000162. The summed E-state index contributed by atoms with van der Waals surface area (Å²) in [4.78, 5) is 0. The molecule has 0 N–H and O–H groups in total. The average Bonchev–Trinajstić information content (AvgIpc) is 3.79. The van der Waals surface area contributed by atoms with Crippen LogP contribution in [-0.2, 0) is 58.9 Å². The molecule has 4 heterocycles. The van der Waals surface area contributed by atoms with Crippen LogP contribution < -0.4 is 0 Å². The van der Waals surface area contributed by atoms with E-state index in [1.807, 2.05) is 36.4 Å². The molecule has 0 aliphatic carbocycles. The Morgan fingerprint density at radius 1 is 0.531 bits per heavy atom. The van der Waals surface area contributed by atoms with Crippen molar-refractivity contribution in [1.82, 2.24) is 9.13 Å². The van der Waals surface area contributed by atoms with Gasteiger partial charge < -0.3 is 22.0 Å². The summed E-state index contributed by atoms with van der Waals surface area (Å²) in [6.45, 7) is 10.2. The van der Waals surface area contributed by atoms with E-state index in [1.165, 1.54) is 32.6 Å². The number of fused-ring (bicyclic) bond motifs is 6. The summed E-state index contributed by atoms with van der Waals surface area (Å²) in [5.74, 6) is 6.59. The minimum absolute atomic E-state index is 0. The third-order valence-corrected chi connectivity index (χ3v) is 20.6. The Kier molecular flexibility index (Phi) is 14.1. The second-order valence-electron chi connectivity index (χ2n) is 14.0. The van der Waals surface area contributed by atoms with Gasteiger partial charge in [-0.05, 0) is 65.5 Å². The molecule has 0 radical (unpaired) electrons. The monoisotopic (exact) mass is 1050 g/mol. The molecular weight excluding hydrogens is 1000 g/mol. The van der Waals surface area contributed by atoms with Crippen molar-refractivity contribution in [2.24, 2.45) is 14.1 Å². The van der Waals surface area contributed by atoms with Crippen molar-refractivity contribution >= 4 is 59.5 Å². The molecule has 0 spiro atoms. The van der Waals surface area contributed by atoms with Crippen LogP contribution in [0.4, 0.5) is 0 Å². The largest absolute Gasteiger partial charge is 1.00 e. The molecule has 2 aliphatic heterocycles. The van der Waals surface area contributed by atoms with Gasteiger partial charge in [0.05, 0.1) is 22.6 Å². The number of aryl methyl sites for hydroxylation is 2. The predicted molar refractivity (Wildman–Crippen MR) is 211 cm³/mol. The fourth-order valence-corrected chi connectivity index (χ4v) is 19.7. The van der Waals surface area contributed by atoms with Crippen molar-refractivity contribution in [1.29, 1.82) is 0 Å². The van der Waals surface area contributed by atoms with Crippen molar-refractivity contribution in [3.63, 3.8) is 0 Å². The third kappa shape index (κ3) is 8.21. The van der Waals surface area contributed by atoms with E-state index >= 15 is 0 Å². The third-order valence-electron chi connectivity index (χ3n) is 11.1. The number of nitrogens with zero attached hydrogens (tertiary/aromatic N) is 2. The Hall–Kier alpha value is -2.06. The maximum Gasteiger partial charge on any atom is 1.00 e. The van der Waals surface area contributed by atoms with Crippen LogP contribution in [-0.4, -0.2) is 37.7 Å². The molecule has 0 saturated carbocycles. The molecule has 2 saturated heterocycles. The number of hydrogen-bond donors (Lipinski definition) is 0. The molecule has 260 valence electrons. The minimum Gasteiger partial charge on any atom is -0.366 e. The molecule has 2 aromatic heterocycles. The van der Waals surface area contributed by atoms with Crippen LogP contribution in [0.25, 0.3) is 43.6 Å². The molecule has 8 rings (SSSR count). The number of benzene rings is 4. The molecule has 2 fully saturated rings. The fourth-order valence-electron chi connectivity index (χ4n) is 8.12. The van der Waals surface area contributed by atoms with Crippen LogP contribution in [0, 0.1) is 24.7 Å². The van der Waals surface area contributed by atoms with E-state index in [-0.39, 0.29) is 60.6 Å². The maximum atomic E-state index is 7.16. The zero-order chi connectivity index (χ0) is 33.2. The van der Waals surface area contributed by atoms with Crippen molar-refractivity contribution in [2.45, 2.75) is 76.0 Å². The van der Waals surface area contributed by atoms with Crippen LogP contribution in [0.2, 0.25) is 0 Å². The summed E-state index contributed by atoms with van der Waals surface area (Å²) in [6, 6.07) is 28.7. The molecule has 0 amide bonds. The molecule has 4 aromatic carbocycles. The van der Waals surface area contributed by atoms with Gasteiger partial charge in [-0.1, -0.05) is 48.5 Å². The smallest absolute Gasteiger partial charge is 0.366 e. The quantitative estimate of drug-likeness (QED) is 0.0708. The van der Waals surface area contributed by atoms with Gasteiger partial charge in [0.25, 0.3) is 0 Å². The van der Waals surface area contributed by atoms with Crippen LogP contribution in [0.3, 0.4) is 0 Å². The first-order chi connectivity index (χ1) is 22.7. The average molecular weight is 1050 g/mol. The normalized spacial score (nSPS) is 20.5. The Labute approximate surface area is 327 Å². The zero-order valence-electron chi connectivity index (χ0n) is 29.4. The number of aromatic nitrogens is 2. The first-order valence-corrected chi connectivity index (χ1v) is 20.9. The van der Waals surface area contributed by atoms with Gasteiger partial charge in [0.15, 0.2) is 5.90 Å². The molecule has 0 unspecified atom stereocenters. The van der Waals surface area contributed by atoms with E-state index < -0.39 is 0 Å². The summed E-state index contributed by atoms with van der Waals surface area (Å²) in [5.41, 5.74) is 10.9. The van der Waals surface area contributed by atoms with Gasteiger partial charge in [-0.15, -0.1) is 35.4 Å². The standard InChI is InChI=1S/2C15H10N.C13H26P2.2Au/c2*1-3-11-8-9-13-12-6-4-5-7-14(12)16(2)15(13)10-11;1-10-5-6-11(2)14(10)9-15-12(3)7-8-13(15)4;;/h2*4-10H,2H3;10-13H,5-9H2,1-4H3;;/q2*-1;;2*+1/p+2/t;;10-,11-,12-,13-;;/m..0../s1. The minimum atomic E-state index is 0. The van der Waals surface area contributed by atoms with Crippen molar-refractivity contribution in [3.8, 4) is 11.8 Å². The van der Waals surface area contributed by atoms with E-state index in [2.05, 4.69) is 111 Å². The second kappa shape index (κ2) is 17.4. The topological polar surface area (TPSA) is 9.86 Å². The molecule has 2 nitrogen and oxygen atoms in total. The van der Waals surface area contributed by atoms with E-state index in [9.17, 15) is 0 Å². The molecule has 4 atom stereocenters. The molecular formula is C43H48Au2N2P2+2. The molecule has 6 heteroatoms. The van der Waals surface area contributed by atoms with Crippen LogP contribution >= 0.6 is 15.8 Å². The van der Waals surface area contributed by atoms with Crippen molar-refractivity contribution < 1.29 is 44.8 Å². The van der Waals surface area contributed by atoms with Crippen molar-refractivity contribution in [3.05, 3.63) is 109 Å². The maximum absolute atomic E-state index is 7.16. The van der Waals surface area contributed by atoms with Crippen LogP contribution in [0.1, 0.15) is 64.5 Å². The zero-order valence-corrected chi connectivity index (χ0v) is 35.8. The van der Waals surface area contributed by atoms with E-state index in [0.717, 1.165) is 44.8 Å². The van der Waals surface area contributed by atoms with Gasteiger partial charge in [0.1, 0.15) is 0 Å². The Morgan fingerprint density at radius 3 is 1.20 bits per heavy atom. The van der Waals surface area contributed by atoms with E-state index in [1.54, 1.807) is 31.6 Å². The molecule has 0 bridgehead atoms. The molecule has 2 aliphatic rings.